The van der Waals surface area contributed by atoms with E-state index in [0.29, 0.717) is 0 Å². The zero-order valence-electron chi connectivity index (χ0n) is 14.3. The molecule has 0 heterocycles. The molecule has 0 aliphatic rings. The first-order valence-electron chi connectivity index (χ1n) is 6.28. The van der Waals surface area contributed by atoms with Gasteiger partial charge in [0.15, 0.2) is 0 Å². The molecule has 13 heteroatoms. The van der Waals surface area contributed by atoms with Gasteiger partial charge in [-0.2, -0.15) is 0 Å². The summed E-state index contributed by atoms with van der Waals surface area (Å²) in [6.45, 7) is 2.23. The molecule has 0 fully saturated rings. The van der Waals surface area contributed by atoms with Crippen LogP contribution in [0.1, 0.15) is 0 Å². The summed E-state index contributed by atoms with van der Waals surface area (Å²) in [5.41, 5.74) is 0. The Labute approximate surface area is 141 Å². The summed E-state index contributed by atoms with van der Waals surface area (Å²) in [6.07, 6.45) is 0. The van der Waals surface area contributed by atoms with Crippen LogP contribution in [-0.2, 0) is 45.3 Å². The van der Waals surface area contributed by atoms with E-state index in [9.17, 15) is 23.5 Å². The Hall–Kier alpha value is -0.0151. The van der Waals surface area contributed by atoms with E-state index in [1.807, 2.05) is 0 Å². The third-order valence-electron chi connectivity index (χ3n) is 1.71. The van der Waals surface area contributed by atoms with Crippen LogP contribution in [0.2, 0.25) is 0 Å². The average Bonchev–Trinajstić information content (AvgIpc) is 2.07. The van der Waals surface area contributed by atoms with Crippen LogP contribution in [0.15, 0.2) is 0 Å². The average molecular weight is 424 g/mol. The van der Waals surface area contributed by atoms with Gasteiger partial charge in [0, 0.05) is 0 Å². The predicted molar refractivity (Wildman–Crippen MR) is 63.8 cm³/mol. The molecule has 144 valence electrons. The van der Waals surface area contributed by atoms with Gasteiger partial charge in [0.2, 0.25) is 0 Å². The molecule has 23 heavy (non-hydrogen) atoms. The van der Waals surface area contributed by atoms with Crippen LogP contribution in [0.5, 0.6) is 0 Å². The predicted octanol–water partition coefficient (Wildman–Crippen LogP) is -3.56. The van der Waals surface area contributed by atoms with Crippen LogP contribution >= 0.6 is 0 Å². The third-order valence-corrected chi connectivity index (χ3v) is 4.37. The zero-order chi connectivity index (χ0) is 19.5. The van der Waals surface area contributed by atoms with Crippen molar-refractivity contribution in [3.8, 4) is 0 Å². The number of quaternary nitrogens is 2. The molecule has 0 rings (SSSR count). The first kappa shape index (κ1) is 27.8. The van der Waals surface area contributed by atoms with Gasteiger partial charge in [-0.25, -0.2) is 0 Å². The second-order valence-electron chi connectivity index (χ2n) is 6.36. The van der Waals surface area contributed by atoms with E-state index in [1.165, 1.54) is 0 Å². The number of hydrogen-bond acceptors (Lipinski definition) is 9. The van der Waals surface area contributed by atoms with Crippen molar-refractivity contribution in [1.29, 1.82) is 0 Å². The van der Waals surface area contributed by atoms with Crippen molar-refractivity contribution in [1.82, 2.24) is 0 Å². The van der Waals surface area contributed by atoms with Gasteiger partial charge in [0.25, 0.3) is 0 Å². The Bertz CT molecular complexity index is 443. The van der Waals surface area contributed by atoms with Crippen LogP contribution < -0.4 is 8.32 Å². The van der Waals surface area contributed by atoms with Crippen molar-refractivity contribution < 1.29 is 72.8 Å². The molecule has 0 aliphatic heterocycles. The van der Waals surface area contributed by atoms with Crippen molar-refractivity contribution in [2.75, 3.05) is 68.6 Å². The minimum atomic E-state index is -6.07. The van der Waals surface area contributed by atoms with E-state index < -0.39 is 27.2 Å². The van der Waals surface area contributed by atoms with Gasteiger partial charge >= 0.3 is 53.6 Å². The van der Waals surface area contributed by atoms with Crippen LogP contribution in [0.4, 0.5) is 0 Å². The molecule has 11 nitrogen and oxygen atoms in total. The van der Waals surface area contributed by atoms with Gasteiger partial charge < -0.3 is 19.2 Å². The second-order valence-corrected chi connectivity index (χ2v) is 10.00. The summed E-state index contributed by atoms with van der Waals surface area (Å²) in [5, 5.41) is 16.8. The summed E-state index contributed by atoms with van der Waals surface area (Å²) in [7, 11) is 12.3. The molecule has 0 amide bonds. The van der Waals surface area contributed by atoms with Crippen molar-refractivity contribution in [2.24, 2.45) is 0 Å². The first-order chi connectivity index (χ1) is 9.83. The van der Waals surface area contributed by atoms with Gasteiger partial charge in [-0.15, -0.1) is 0 Å². The number of likely N-dealkylation sites (N-methyl/N-ethyl adjacent to an activating group) is 2. The zero-order valence-corrected chi connectivity index (χ0v) is 16.8. The number of hydrogen-bond donors (Lipinski definition) is 2. The van der Waals surface area contributed by atoms with Crippen LogP contribution in [-0.4, -0.2) is 87.8 Å². The molecule has 0 aliphatic carbocycles. The SMILES string of the molecule is C[N+](C)(C)CCO.C[N+](C)(C)CCO.[O]=[Cr](=[O])([O-])[O][Cr](=[O])(=[O])[O-]. The summed E-state index contributed by atoms with van der Waals surface area (Å²) >= 11 is -12.1. The van der Waals surface area contributed by atoms with Crippen LogP contribution in [0.3, 0.4) is 0 Å². The molecule has 0 aromatic heterocycles. The number of nitrogens with zero attached hydrogens (tertiary/aromatic N) is 2. The molecule has 0 saturated carbocycles. The van der Waals surface area contributed by atoms with E-state index in [4.69, 9.17) is 10.2 Å². The minimum absolute atomic E-state index is 0.281. The van der Waals surface area contributed by atoms with E-state index >= 15 is 0 Å². The topological polar surface area (TPSA) is 164 Å². The summed E-state index contributed by atoms with van der Waals surface area (Å²) in [6, 6.07) is 0. The van der Waals surface area contributed by atoms with Gasteiger partial charge in [0.1, 0.15) is 13.1 Å². The van der Waals surface area contributed by atoms with Gasteiger partial charge in [-0.1, -0.05) is 0 Å². The Morgan fingerprint density at radius 2 is 0.957 bits per heavy atom. The quantitative estimate of drug-likeness (QED) is 0.411. The Kier molecular flexibility index (Phi) is 13.9. The van der Waals surface area contributed by atoms with Gasteiger partial charge in [0.05, 0.1) is 55.5 Å². The summed E-state index contributed by atoms with van der Waals surface area (Å²) in [5.74, 6) is 0. The van der Waals surface area contributed by atoms with Crippen molar-refractivity contribution in [3.05, 3.63) is 0 Å². The molecular weight excluding hydrogens is 396 g/mol. The molecule has 0 radical (unpaired) electrons. The maximum absolute atomic E-state index is 9.38. The number of aliphatic hydroxyl groups is 2. The Morgan fingerprint density at radius 3 is 0.957 bits per heavy atom. The normalized spacial score (nSPS) is 12.6. The Balaban J connectivity index is -0.000000264. The molecule has 0 saturated heterocycles. The number of rotatable bonds is 6. The summed E-state index contributed by atoms with van der Waals surface area (Å²) in [4.78, 5) is 0. The molecule has 0 atom stereocenters. The number of aliphatic hydroxyl groups excluding tert-OH is 2. The fourth-order valence-corrected chi connectivity index (χ4v) is 2.34. The van der Waals surface area contributed by atoms with Gasteiger partial charge in [-0.3, -0.25) is 0 Å². The van der Waals surface area contributed by atoms with Crippen molar-refractivity contribution in [2.45, 2.75) is 0 Å². The third kappa shape index (κ3) is 44.9. The molecule has 2 N–H and O–H groups in total. The fourth-order valence-electron chi connectivity index (χ4n) is 0.702. The fraction of sp³-hybridized carbons (Fsp3) is 1.00. The van der Waals surface area contributed by atoms with Gasteiger partial charge in [-0.05, 0) is 0 Å². The van der Waals surface area contributed by atoms with Crippen LogP contribution in [0, 0.1) is 0 Å². The molecule has 0 spiro atoms. The first-order valence-corrected chi connectivity index (χ1v) is 10.4. The maximum atomic E-state index is 9.38. The second kappa shape index (κ2) is 11.5. The molecule has 0 unspecified atom stereocenters. The molecular formula is C10H28Cr2N2O9. The molecule has 0 aromatic rings. The molecule has 0 aromatic carbocycles. The van der Waals surface area contributed by atoms with E-state index in [1.54, 1.807) is 0 Å². The van der Waals surface area contributed by atoms with Crippen molar-refractivity contribution in [3.63, 3.8) is 0 Å². The van der Waals surface area contributed by atoms with Crippen LogP contribution in [0.25, 0.3) is 0 Å². The standard InChI is InChI=1S/2C5H14NO.2Cr.7O/c2*1-6(2,3)4-5-7;;;;;;;;;/h2*7H,4-5H2,1-3H3;;;;;;;;;/q2*+1;;;;;;;;2*-1. The summed E-state index contributed by atoms with van der Waals surface area (Å²) < 4.78 is 60.6. The monoisotopic (exact) mass is 424 g/mol. The van der Waals surface area contributed by atoms with E-state index in [0.717, 1.165) is 22.1 Å². The van der Waals surface area contributed by atoms with E-state index in [-0.39, 0.29) is 13.2 Å². The van der Waals surface area contributed by atoms with Crippen molar-refractivity contribution >= 4 is 0 Å². The molecule has 0 bridgehead atoms. The van der Waals surface area contributed by atoms with E-state index in [2.05, 4.69) is 45.1 Å². The Morgan fingerprint density at radius 1 is 0.739 bits per heavy atom.